The largest absolute Gasteiger partial charge is 0.481 e. The number of aromatic nitrogens is 2. The Balaban J connectivity index is 1.37. The molecule has 0 saturated heterocycles. The first kappa shape index (κ1) is 21.0. The van der Waals surface area contributed by atoms with E-state index in [0.29, 0.717) is 17.5 Å². The summed E-state index contributed by atoms with van der Waals surface area (Å²) in [7, 11) is 0. The number of hydrogen-bond donors (Lipinski definition) is 2. The summed E-state index contributed by atoms with van der Waals surface area (Å²) in [6.45, 7) is 0.744. The Hall–Kier alpha value is -1.82. The zero-order valence-electron chi connectivity index (χ0n) is 18.0. The third-order valence-corrected chi connectivity index (χ3v) is 8.56. The zero-order valence-corrected chi connectivity index (χ0v) is 18.8. The van der Waals surface area contributed by atoms with Crippen LogP contribution in [0.25, 0.3) is 0 Å². The van der Waals surface area contributed by atoms with Gasteiger partial charge in [-0.15, -0.1) is 0 Å². The van der Waals surface area contributed by atoms with Crippen molar-refractivity contribution in [3.63, 3.8) is 0 Å². The highest BCUT2D eigenvalue weighted by Crippen LogP contribution is 2.65. The number of allylic oxidation sites excluding steroid dienone is 1. The van der Waals surface area contributed by atoms with Gasteiger partial charge in [-0.1, -0.05) is 23.3 Å². The first-order valence-electron chi connectivity index (χ1n) is 11.8. The molecule has 31 heavy (non-hydrogen) atoms. The molecule has 1 heterocycles. The zero-order chi connectivity index (χ0) is 21.6. The van der Waals surface area contributed by atoms with Gasteiger partial charge in [0.25, 0.3) is 5.56 Å². The van der Waals surface area contributed by atoms with Crippen LogP contribution >= 0.6 is 11.6 Å². The van der Waals surface area contributed by atoms with Crippen molar-refractivity contribution in [2.24, 2.45) is 17.3 Å². The van der Waals surface area contributed by atoms with E-state index in [2.05, 4.69) is 16.5 Å². The number of carboxylic acids is 1. The van der Waals surface area contributed by atoms with Crippen LogP contribution in [0.5, 0.6) is 0 Å². The third kappa shape index (κ3) is 3.92. The van der Waals surface area contributed by atoms with E-state index in [1.165, 1.54) is 24.8 Å². The summed E-state index contributed by atoms with van der Waals surface area (Å²) in [5, 5.41) is 17.6. The second-order valence-electron chi connectivity index (χ2n) is 10.6. The van der Waals surface area contributed by atoms with Gasteiger partial charge >= 0.3 is 5.97 Å². The maximum Gasteiger partial charge on any atom is 0.303 e. The molecule has 4 fully saturated rings. The van der Waals surface area contributed by atoms with Crippen molar-refractivity contribution in [2.75, 3.05) is 11.9 Å². The van der Waals surface area contributed by atoms with Crippen molar-refractivity contribution in [1.82, 2.24) is 9.78 Å². The van der Waals surface area contributed by atoms with Gasteiger partial charge in [0.2, 0.25) is 0 Å². The van der Waals surface area contributed by atoms with Crippen molar-refractivity contribution in [3.8, 4) is 0 Å². The Labute approximate surface area is 188 Å². The Kier molecular flexibility index (Phi) is 5.40. The lowest BCUT2D eigenvalue weighted by Gasteiger charge is -2.61. The molecule has 5 aliphatic rings. The molecule has 2 unspecified atom stereocenters. The molecule has 6 nitrogen and oxygen atoms in total. The number of nitrogens with zero attached hydrogens (tertiary/aromatic N) is 2. The van der Waals surface area contributed by atoms with E-state index < -0.39 is 5.97 Å². The Morgan fingerprint density at radius 2 is 2.03 bits per heavy atom. The van der Waals surface area contributed by atoms with Crippen LogP contribution in [-0.2, 0) is 10.3 Å². The summed E-state index contributed by atoms with van der Waals surface area (Å²) in [6.07, 6.45) is 15.7. The summed E-state index contributed by atoms with van der Waals surface area (Å²) in [5.74, 6) is 0.229. The molecule has 1 aromatic heterocycles. The molecule has 7 heteroatoms. The summed E-state index contributed by atoms with van der Waals surface area (Å²) in [5.41, 5.74) is 1.26. The third-order valence-electron chi connectivity index (χ3n) is 8.19. The average Bonchev–Trinajstić information content (AvgIpc) is 2.70. The fraction of sp³-hybridized carbons (Fsp3) is 0.708. The maximum atomic E-state index is 13.3. The maximum absolute atomic E-state index is 13.3. The van der Waals surface area contributed by atoms with E-state index in [1.54, 1.807) is 10.9 Å². The van der Waals surface area contributed by atoms with Crippen molar-refractivity contribution in [2.45, 2.75) is 82.6 Å². The van der Waals surface area contributed by atoms with Gasteiger partial charge in [0.1, 0.15) is 5.02 Å². The minimum Gasteiger partial charge on any atom is -0.481 e. The predicted molar refractivity (Wildman–Crippen MR) is 121 cm³/mol. The first-order chi connectivity index (χ1) is 14.9. The van der Waals surface area contributed by atoms with E-state index in [4.69, 9.17) is 11.6 Å². The molecule has 0 spiro atoms. The fourth-order valence-electron chi connectivity index (χ4n) is 7.56. The van der Waals surface area contributed by atoms with Crippen molar-refractivity contribution in [3.05, 3.63) is 33.2 Å². The monoisotopic (exact) mass is 445 g/mol. The normalized spacial score (nSPS) is 33.9. The van der Waals surface area contributed by atoms with Gasteiger partial charge in [-0.3, -0.25) is 9.59 Å². The number of nitrogens with one attached hydrogen (secondary N) is 1. The molecule has 168 valence electrons. The highest BCUT2D eigenvalue weighted by atomic mass is 35.5. The fourth-order valence-corrected chi connectivity index (χ4v) is 7.76. The number of carboxylic acid groups (broad SMARTS) is 1. The minimum atomic E-state index is -0.733. The highest BCUT2D eigenvalue weighted by molar-refractivity contribution is 6.32. The van der Waals surface area contributed by atoms with Crippen LogP contribution in [0.15, 0.2) is 22.6 Å². The van der Waals surface area contributed by atoms with Gasteiger partial charge in [0.05, 0.1) is 23.8 Å². The van der Waals surface area contributed by atoms with E-state index in [0.717, 1.165) is 57.9 Å². The molecule has 1 aromatic rings. The molecule has 5 aliphatic carbocycles. The van der Waals surface area contributed by atoms with Gasteiger partial charge in [0.15, 0.2) is 0 Å². The average molecular weight is 446 g/mol. The van der Waals surface area contributed by atoms with Crippen LogP contribution < -0.4 is 10.9 Å². The van der Waals surface area contributed by atoms with Gasteiger partial charge in [0, 0.05) is 6.54 Å². The van der Waals surface area contributed by atoms with Crippen molar-refractivity contribution < 1.29 is 9.90 Å². The number of anilines is 1. The van der Waals surface area contributed by atoms with E-state index in [9.17, 15) is 14.7 Å². The number of carbonyl (C=O) groups is 1. The van der Waals surface area contributed by atoms with E-state index >= 15 is 0 Å². The highest BCUT2D eigenvalue weighted by Gasteiger charge is 2.59. The second-order valence-corrected chi connectivity index (χ2v) is 11.0. The topological polar surface area (TPSA) is 84.2 Å². The van der Waals surface area contributed by atoms with E-state index in [-0.39, 0.29) is 28.0 Å². The molecular formula is C24H32ClN3O3. The summed E-state index contributed by atoms with van der Waals surface area (Å²) < 4.78 is 1.62. The summed E-state index contributed by atoms with van der Waals surface area (Å²) in [6, 6.07) is 0. The molecule has 4 bridgehead atoms. The quantitative estimate of drug-likeness (QED) is 0.579. The Morgan fingerprint density at radius 1 is 1.26 bits per heavy atom. The van der Waals surface area contributed by atoms with Crippen molar-refractivity contribution >= 4 is 23.3 Å². The molecule has 0 amide bonds. The number of aliphatic carboxylic acids is 1. The lowest BCUT2D eigenvalue weighted by molar-refractivity contribution is -0.151. The van der Waals surface area contributed by atoms with Crippen molar-refractivity contribution in [1.29, 1.82) is 0 Å². The molecule has 0 aromatic carbocycles. The lowest BCUT2D eigenvalue weighted by atomic mass is 9.46. The van der Waals surface area contributed by atoms with E-state index in [1.807, 2.05) is 0 Å². The molecule has 0 aliphatic heterocycles. The minimum absolute atomic E-state index is 0.194. The molecule has 2 N–H and O–H groups in total. The van der Waals surface area contributed by atoms with Gasteiger partial charge in [-0.05, 0) is 87.9 Å². The molecule has 6 rings (SSSR count). The van der Waals surface area contributed by atoms with Gasteiger partial charge in [-0.2, -0.15) is 5.10 Å². The predicted octanol–water partition coefficient (Wildman–Crippen LogP) is 4.97. The lowest BCUT2D eigenvalue weighted by Crippen LogP contribution is -2.59. The van der Waals surface area contributed by atoms with Gasteiger partial charge in [-0.25, -0.2) is 4.68 Å². The summed E-state index contributed by atoms with van der Waals surface area (Å²) in [4.78, 5) is 24.9. The Bertz CT molecular complexity index is 955. The second kappa shape index (κ2) is 7.95. The van der Waals surface area contributed by atoms with Crippen LogP contribution in [0.1, 0.15) is 77.0 Å². The molecule has 4 atom stereocenters. The molecule has 0 radical (unpaired) electrons. The smallest absolute Gasteiger partial charge is 0.303 e. The summed E-state index contributed by atoms with van der Waals surface area (Å²) >= 11 is 6.53. The van der Waals surface area contributed by atoms with Crippen LogP contribution in [0.2, 0.25) is 5.02 Å². The number of halogens is 1. The van der Waals surface area contributed by atoms with Crippen LogP contribution in [0, 0.1) is 17.3 Å². The van der Waals surface area contributed by atoms with Crippen LogP contribution in [0.3, 0.4) is 0 Å². The first-order valence-corrected chi connectivity index (χ1v) is 12.2. The SMILES string of the molecule is O=C(O)CC12C[C@H]3C[C@@H](C1)CC(n1ncc(NCCC4=CCCCC4)c(Cl)c1=O)(C3)C2. The number of rotatable bonds is 7. The number of hydrogen-bond acceptors (Lipinski definition) is 4. The van der Waals surface area contributed by atoms with Crippen LogP contribution in [-0.4, -0.2) is 27.4 Å². The molecule has 4 saturated carbocycles. The van der Waals surface area contributed by atoms with Crippen LogP contribution in [0.4, 0.5) is 5.69 Å². The Morgan fingerprint density at radius 3 is 2.71 bits per heavy atom. The standard InChI is InChI=1S/C24H32ClN3O3/c25-21-19(26-7-6-16-4-2-1-3-5-16)14-27-28(22(21)31)24-11-17-8-18(12-24)10-23(9-17,15-24)13-20(29)30/h4,14,17-18,26H,1-3,5-13,15H2,(H,29,30)/t17-,18+,23?,24?. The van der Waals surface area contributed by atoms with Gasteiger partial charge < -0.3 is 10.4 Å². The molecular weight excluding hydrogens is 414 g/mol.